The molecule has 0 saturated carbocycles. The fourth-order valence-corrected chi connectivity index (χ4v) is 3.49. The molecule has 0 radical (unpaired) electrons. The van der Waals surface area contributed by atoms with Crippen molar-refractivity contribution < 1.29 is 27.9 Å². The minimum atomic E-state index is -0.972. The van der Waals surface area contributed by atoms with E-state index in [9.17, 15) is 14.0 Å². The molecule has 3 aromatic rings. The van der Waals surface area contributed by atoms with Crippen LogP contribution in [0.2, 0.25) is 5.02 Å². The van der Waals surface area contributed by atoms with Crippen molar-refractivity contribution in [3.8, 4) is 5.75 Å². The smallest absolute Gasteiger partial charge is 0.341 e. The van der Waals surface area contributed by atoms with E-state index < -0.39 is 30.3 Å². The number of amides is 1. The fraction of sp³-hybridized carbons (Fsp3) is 0.174. The van der Waals surface area contributed by atoms with Gasteiger partial charge in [-0.25, -0.2) is 14.2 Å². The van der Waals surface area contributed by atoms with Crippen LogP contribution < -0.4 is 4.74 Å². The minimum absolute atomic E-state index is 0.147. The van der Waals surface area contributed by atoms with E-state index in [1.807, 2.05) is 12.1 Å². The molecule has 32 heavy (non-hydrogen) atoms. The van der Waals surface area contributed by atoms with Crippen molar-refractivity contribution >= 4 is 29.2 Å². The van der Waals surface area contributed by atoms with Crippen molar-refractivity contribution in [2.45, 2.75) is 12.5 Å². The van der Waals surface area contributed by atoms with E-state index in [4.69, 9.17) is 25.5 Å². The Bertz CT molecular complexity index is 1160. The van der Waals surface area contributed by atoms with E-state index >= 15 is 0 Å². The molecule has 1 amide bonds. The summed E-state index contributed by atoms with van der Waals surface area (Å²) in [6.45, 7) is -0.614. The lowest BCUT2D eigenvalue weighted by molar-refractivity contribution is -0.136. The Morgan fingerprint density at radius 1 is 1.22 bits per heavy atom. The van der Waals surface area contributed by atoms with Gasteiger partial charge in [0.1, 0.15) is 23.4 Å². The maximum Gasteiger partial charge on any atom is 0.341 e. The van der Waals surface area contributed by atoms with Crippen molar-refractivity contribution in [2.24, 2.45) is 5.10 Å². The molecule has 2 aromatic carbocycles. The number of esters is 1. The molecule has 2 heterocycles. The third-order valence-corrected chi connectivity index (χ3v) is 5.17. The molecule has 0 N–H and O–H groups in total. The average molecular weight is 457 g/mol. The van der Waals surface area contributed by atoms with Gasteiger partial charge in [0.2, 0.25) is 0 Å². The summed E-state index contributed by atoms with van der Waals surface area (Å²) in [5, 5.41) is 5.82. The van der Waals surface area contributed by atoms with Crippen LogP contribution in [0.25, 0.3) is 0 Å². The van der Waals surface area contributed by atoms with E-state index in [0.29, 0.717) is 23.6 Å². The van der Waals surface area contributed by atoms with Gasteiger partial charge in [0, 0.05) is 11.4 Å². The van der Waals surface area contributed by atoms with Gasteiger partial charge in [-0.2, -0.15) is 5.10 Å². The van der Waals surface area contributed by atoms with Crippen LogP contribution in [0.4, 0.5) is 4.39 Å². The number of rotatable bonds is 6. The van der Waals surface area contributed by atoms with Gasteiger partial charge >= 0.3 is 5.97 Å². The summed E-state index contributed by atoms with van der Waals surface area (Å²) in [5.41, 5.74) is 1.17. The van der Waals surface area contributed by atoms with Crippen LogP contribution in [-0.4, -0.2) is 36.3 Å². The standard InChI is InChI=1S/C23H18ClFN2O5/c1-30-16-7-4-14(5-8-16)19-12-20(21-3-2-10-31-21)27(26-19)22(28)13-32-23(29)17-9-6-15(24)11-18(17)25/h2-11,20H,12-13H2,1H3. The largest absolute Gasteiger partial charge is 0.497 e. The van der Waals surface area contributed by atoms with Crippen molar-refractivity contribution in [3.63, 3.8) is 0 Å². The lowest BCUT2D eigenvalue weighted by atomic mass is 10.0. The number of hydrazone groups is 1. The Labute approximate surface area is 188 Å². The molecular weight excluding hydrogens is 439 g/mol. The summed E-state index contributed by atoms with van der Waals surface area (Å²) in [5.74, 6) is -1.13. The maximum atomic E-state index is 13.9. The molecule has 0 aliphatic carbocycles. The first-order valence-corrected chi connectivity index (χ1v) is 10.0. The topological polar surface area (TPSA) is 81.3 Å². The number of hydrogen-bond acceptors (Lipinski definition) is 6. The van der Waals surface area contributed by atoms with E-state index in [2.05, 4.69) is 5.10 Å². The van der Waals surface area contributed by atoms with Gasteiger partial charge in [-0.3, -0.25) is 4.79 Å². The van der Waals surface area contributed by atoms with Crippen LogP contribution in [0, 0.1) is 5.82 Å². The Kier molecular flexibility index (Phi) is 6.23. The van der Waals surface area contributed by atoms with Gasteiger partial charge in [-0.15, -0.1) is 0 Å². The van der Waals surface area contributed by atoms with Crippen LogP contribution >= 0.6 is 11.6 Å². The lowest BCUT2D eigenvalue weighted by Gasteiger charge is -2.19. The molecule has 9 heteroatoms. The highest BCUT2D eigenvalue weighted by atomic mass is 35.5. The molecule has 1 aromatic heterocycles. The summed E-state index contributed by atoms with van der Waals surface area (Å²) in [7, 11) is 1.58. The van der Waals surface area contributed by atoms with Gasteiger partial charge in [-0.1, -0.05) is 11.6 Å². The summed E-state index contributed by atoms with van der Waals surface area (Å²) >= 11 is 5.70. The molecule has 4 rings (SSSR count). The van der Waals surface area contributed by atoms with Crippen LogP contribution in [0.5, 0.6) is 5.75 Å². The number of benzene rings is 2. The summed E-state index contributed by atoms with van der Waals surface area (Å²) in [4.78, 5) is 25.1. The van der Waals surface area contributed by atoms with Gasteiger partial charge in [0.15, 0.2) is 6.61 Å². The number of furan rings is 1. The molecule has 1 aliphatic heterocycles. The zero-order valence-electron chi connectivity index (χ0n) is 17.0. The quantitative estimate of drug-likeness (QED) is 0.506. The molecule has 0 spiro atoms. The van der Waals surface area contributed by atoms with Crippen molar-refractivity contribution in [2.75, 3.05) is 13.7 Å². The van der Waals surface area contributed by atoms with Gasteiger partial charge in [-0.05, 0) is 60.2 Å². The third-order valence-electron chi connectivity index (χ3n) is 4.94. The normalized spacial score (nSPS) is 15.4. The number of carbonyl (C=O) groups is 2. The molecule has 0 saturated heterocycles. The number of nitrogens with zero attached hydrogens (tertiary/aromatic N) is 2. The second-order valence-electron chi connectivity index (χ2n) is 6.95. The molecule has 1 aliphatic rings. The van der Waals surface area contributed by atoms with Crippen LogP contribution in [0.15, 0.2) is 70.4 Å². The molecule has 0 fully saturated rings. The van der Waals surface area contributed by atoms with Crippen LogP contribution in [0.3, 0.4) is 0 Å². The van der Waals surface area contributed by atoms with Crippen molar-refractivity contribution in [1.29, 1.82) is 0 Å². The van der Waals surface area contributed by atoms with Crippen molar-refractivity contribution in [3.05, 3.63) is 88.6 Å². The monoisotopic (exact) mass is 456 g/mol. The lowest BCUT2D eigenvalue weighted by Crippen LogP contribution is -2.31. The number of halogens is 2. The van der Waals surface area contributed by atoms with Gasteiger partial charge in [0.05, 0.1) is 24.6 Å². The molecule has 1 unspecified atom stereocenters. The first-order valence-electron chi connectivity index (χ1n) is 9.66. The first kappa shape index (κ1) is 21.6. The summed E-state index contributed by atoms with van der Waals surface area (Å²) < 4.78 is 29.6. The molecule has 164 valence electrons. The van der Waals surface area contributed by atoms with E-state index in [1.165, 1.54) is 23.4 Å². The van der Waals surface area contributed by atoms with Crippen LogP contribution in [0.1, 0.15) is 34.1 Å². The number of hydrogen-bond donors (Lipinski definition) is 0. The molecule has 1 atom stereocenters. The average Bonchev–Trinajstić information content (AvgIpc) is 3.47. The summed E-state index contributed by atoms with van der Waals surface area (Å²) in [6, 6.07) is 13.8. The summed E-state index contributed by atoms with van der Waals surface area (Å²) in [6.07, 6.45) is 1.91. The van der Waals surface area contributed by atoms with E-state index in [1.54, 1.807) is 31.4 Å². The number of ether oxygens (including phenoxy) is 2. The van der Waals surface area contributed by atoms with Crippen molar-refractivity contribution in [1.82, 2.24) is 5.01 Å². The first-order chi connectivity index (χ1) is 15.5. The second kappa shape index (κ2) is 9.23. The highest BCUT2D eigenvalue weighted by Crippen LogP contribution is 2.33. The predicted molar refractivity (Wildman–Crippen MR) is 114 cm³/mol. The molecular formula is C23H18ClFN2O5. The van der Waals surface area contributed by atoms with Gasteiger partial charge in [0.25, 0.3) is 5.91 Å². The molecule has 0 bridgehead atoms. The Morgan fingerprint density at radius 2 is 2.00 bits per heavy atom. The third kappa shape index (κ3) is 4.50. The van der Waals surface area contributed by atoms with Crippen LogP contribution in [-0.2, 0) is 9.53 Å². The second-order valence-corrected chi connectivity index (χ2v) is 7.39. The number of carbonyl (C=O) groups excluding carboxylic acids is 2. The Morgan fingerprint density at radius 3 is 2.66 bits per heavy atom. The fourth-order valence-electron chi connectivity index (χ4n) is 3.33. The Balaban J connectivity index is 1.51. The van der Waals surface area contributed by atoms with Gasteiger partial charge < -0.3 is 13.9 Å². The van der Waals surface area contributed by atoms with E-state index in [-0.39, 0.29) is 10.6 Å². The predicted octanol–water partition coefficient (Wildman–Crippen LogP) is 4.62. The highest BCUT2D eigenvalue weighted by Gasteiger charge is 2.35. The highest BCUT2D eigenvalue weighted by molar-refractivity contribution is 6.30. The minimum Gasteiger partial charge on any atom is -0.497 e. The number of methoxy groups -OCH3 is 1. The zero-order valence-corrected chi connectivity index (χ0v) is 17.7. The SMILES string of the molecule is COc1ccc(C2=NN(C(=O)COC(=O)c3ccc(Cl)cc3F)C(c3ccco3)C2)cc1. The Hall–Kier alpha value is -3.65. The van der Waals surface area contributed by atoms with E-state index in [0.717, 1.165) is 11.6 Å². The maximum absolute atomic E-state index is 13.9. The molecule has 7 nitrogen and oxygen atoms in total. The zero-order chi connectivity index (χ0) is 22.7.